The fraction of sp³-hybridized carbons (Fsp3) is 0.130. The van der Waals surface area contributed by atoms with E-state index >= 15 is 0 Å². The zero-order valence-electron chi connectivity index (χ0n) is 16.3. The van der Waals surface area contributed by atoms with Crippen LogP contribution >= 0.6 is 0 Å². The van der Waals surface area contributed by atoms with Gasteiger partial charge in [0, 0.05) is 0 Å². The van der Waals surface area contributed by atoms with E-state index in [0.29, 0.717) is 5.90 Å². The molecule has 1 N–H and O–H groups in total. The van der Waals surface area contributed by atoms with Crippen LogP contribution in [0, 0.1) is 5.82 Å². The van der Waals surface area contributed by atoms with E-state index in [0.717, 1.165) is 52.5 Å². The van der Waals surface area contributed by atoms with Crippen molar-refractivity contribution in [1.82, 2.24) is 14.9 Å². The molecule has 0 aliphatic carbocycles. The molecule has 156 valence electrons. The predicted octanol–water partition coefficient (Wildman–Crippen LogP) is 1.52. The molecule has 0 bridgehead atoms. The summed E-state index contributed by atoms with van der Waals surface area (Å²) in [5.74, 6) is 1.82. The fourth-order valence-electron chi connectivity index (χ4n) is 4.01. The maximum absolute atomic E-state index is 13.3. The number of hydrogen-bond acceptors (Lipinski definition) is 5. The van der Waals surface area contributed by atoms with E-state index in [1.807, 2.05) is 24.3 Å². The Morgan fingerprint density at radius 1 is 1.13 bits per heavy atom. The summed E-state index contributed by atoms with van der Waals surface area (Å²) >= 11 is -0.586. The van der Waals surface area contributed by atoms with Gasteiger partial charge in [-0.15, -0.1) is 0 Å². The summed E-state index contributed by atoms with van der Waals surface area (Å²) in [7, 11) is 0. The van der Waals surface area contributed by atoms with Crippen molar-refractivity contribution >= 4 is 16.9 Å². The molecule has 4 aromatic rings. The molecule has 2 aromatic carbocycles. The number of para-hydroxylation sites is 1. The first-order valence-electron chi connectivity index (χ1n) is 9.88. The molecule has 1 atom stereocenters. The molecular weight excluding hydrogens is 510 g/mol. The Balaban J connectivity index is 1.37. The van der Waals surface area contributed by atoms with Gasteiger partial charge in [0.1, 0.15) is 0 Å². The minimum absolute atomic E-state index is 0.203. The third kappa shape index (κ3) is 3.31. The second kappa shape index (κ2) is 7.52. The molecule has 0 radical (unpaired) electrons. The number of aromatic amines is 1. The van der Waals surface area contributed by atoms with Crippen molar-refractivity contribution in [1.29, 1.82) is 0 Å². The Morgan fingerprint density at radius 3 is 2.87 bits per heavy atom. The van der Waals surface area contributed by atoms with Crippen LogP contribution in [0.5, 0.6) is 0 Å². The number of hydrogen-bond donors (Lipinski definition) is 1. The van der Waals surface area contributed by atoms with Gasteiger partial charge in [-0.1, -0.05) is 0 Å². The second-order valence-electron chi connectivity index (χ2n) is 7.34. The molecule has 2 aliphatic rings. The Hall–Kier alpha value is -3.14. The van der Waals surface area contributed by atoms with E-state index < -0.39 is 21.5 Å². The molecular formula is C23H17FIN4O2-. The molecule has 31 heavy (non-hydrogen) atoms. The average Bonchev–Trinajstić information content (AvgIpc) is 3.46. The molecule has 0 saturated carbocycles. The number of furan rings is 1. The third-order valence-corrected chi connectivity index (χ3v) is 7.01. The van der Waals surface area contributed by atoms with Gasteiger partial charge in [-0.25, -0.2) is 0 Å². The van der Waals surface area contributed by atoms with Crippen LogP contribution in [0.3, 0.4) is 0 Å². The molecule has 0 saturated heterocycles. The first kappa shape index (κ1) is 18.6. The second-order valence-corrected chi connectivity index (χ2v) is 9.00. The maximum atomic E-state index is 13.3. The van der Waals surface area contributed by atoms with Crippen molar-refractivity contribution in [3.63, 3.8) is 0 Å². The summed E-state index contributed by atoms with van der Waals surface area (Å²) < 4.78 is 32.5. The standard InChI is InChI=1S/C23H17FIN4O2/c24-16-7-5-14(6-8-16)23-28-25-12-20(31-23)29-10-9-17-21(27-13-26-17)22(29)19-11-15-3-1-2-4-18(15)30-19/h1-8,11-13,22H,9-10H2,(H,26,27)/q-1/t22-/m0/s1. The van der Waals surface area contributed by atoms with Gasteiger partial charge < -0.3 is 0 Å². The molecule has 6 rings (SSSR count). The molecule has 2 aliphatic heterocycles. The van der Waals surface area contributed by atoms with Crippen LogP contribution in [0.15, 0.2) is 78.5 Å². The number of halogens is 2. The van der Waals surface area contributed by atoms with E-state index in [9.17, 15) is 4.39 Å². The Kier molecular flexibility index (Phi) is 4.52. The summed E-state index contributed by atoms with van der Waals surface area (Å²) in [6.45, 7) is 0.753. The van der Waals surface area contributed by atoms with E-state index in [-0.39, 0.29) is 11.9 Å². The van der Waals surface area contributed by atoms with E-state index in [4.69, 9.17) is 9.15 Å². The molecule has 2 aromatic heterocycles. The van der Waals surface area contributed by atoms with Gasteiger partial charge in [-0.3, -0.25) is 0 Å². The van der Waals surface area contributed by atoms with Crippen molar-refractivity contribution in [2.24, 2.45) is 3.21 Å². The molecule has 0 unspecified atom stereocenters. The van der Waals surface area contributed by atoms with Crippen LogP contribution in [0.4, 0.5) is 4.39 Å². The molecule has 0 amide bonds. The van der Waals surface area contributed by atoms with Gasteiger partial charge in [0.05, 0.1) is 0 Å². The van der Waals surface area contributed by atoms with Crippen LogP contribution in [0.25, 0.3) is 11.0 Å². The van der Waals surface area contributed by atoms with Gasteiger partial charge in [0.25, 0.3) is 0 Å². The molecule has 0 spiro atoms. The summed E-state index contributed by atoms with van der Waals surface area (Å²) in [6.07, 6.45) is 2.56. The summed E-state index contributed by atoms with van der Waals surface area (Å²) in [6, 6.07) is 16.1. The topological polar surface area (TPSA) is 66.7 Å². The van der Waals surface area contributed by atoms with Crippen LogP contribution in [0.2, 0.25) is 0 Å². The van der Waals surface area contributed by atoms with Crippen molar-refractivity contribution in [2.45, 2.75) is 12.5 Å². The number of rotatable bonds is 3. The number of fused-ring (bicyclic) bond motifs is 2. The third-order valence-electron chi connectivity index (χ3n) is 5.48. The summed E-state index contributed by atoms with van der Waals surface area (Å²) in [5, 5.41) is 1.06. The number of aromatic nitrogens is 2. The van der Waals surface area contributed by atoms with Crippen LogP contribution in [0.1, 0.15) is 28.8 Å². The van der Waals surface area contributed by atoms with E-state index in [2.05, 4.69) is 28.2 Å². The Bertz CT molecular complexity index is 1290. The Morgan fingerprint density at radius 2 is 2.00 bits per heavy atom. The summed E-state index contributed by atoms with van der Waals surface area (Å²) in [4.78, 5) is 10.1. The first-order chi connectivity index (χ1) is 15.3. The van der Waals surface area contributed by atoms with Crippen LogP contribution in [-0.4, -0.2) is 27.3 Å². The zero-order chi connectivity index (χ0) is 20.8. The van der Waals surface area contributed by atoms with Gasteiger partial charge in [0.2, 0.25) is 0 Å². The number of nitrogens with one attached hydrogen (secondary N) is 1. The van der Waals surface area contributed by atoms with Crippen molar-refractivity contribution in [3.8, 4) is 0 Å². The minimum atomic E-state index is -0.586. The molecule has 6 nitrogen and oxygen atoms in total. The van der Waals surface area contributed by atoms with Gasteiger partial charge in [-0.05, 0) is 0 Å². The van der Waals surface area contributed by atoms with Gasteiger partial charge in [0.15, 0.2) is 0 Å². The van der Waals surface area contributed by atoms with Crippen molar-refractivity contribution in [2.75, 3.05) is 6.54 Å². The van der Waals surface area contributed by atoms with Gasteiger partial charge in [-0.2, -0.15) is 0 Å². The number of benzene rings is 2. The van der Waals surface area contributed by atoms with Crippen molar-refractivity contribution < 1.29 is 35.0 Å². The SMILES string of the molecule is Fc1ccc(C2=N[I-]C=C(N3CCc4[nH]cnc4[C@@H]3c3cc4ccccc4o3)O2)cc1. The molecule has 0 fully saturated rings. The van der Waals surface area contributed by atoms with Crippen molar-refractivity contribution in [3.05, 3.63) is 99.4 Å². The predicted molar refractivity (Wildman–Crippen MR) is 109 cm³/mol. The van der Waals surface area contributed by atoms with E-state index in [1.165, 1.54) is 12.1 Å². The van der Waals surface area contributed by atoms with Crippen LogP contribution < -0.4 is 21.5 Å². The number of nitrogens with zero attached hydrogens (tertiary/aromatic N) is 3. The summed E-state index contributed by atoms with van der Waals surface area (Å²) in [5.41, 5.74) is 3.67. The average molecular weight is 527 g/mol. The van der Waals surface area contributed by atoms with Crippen LogP contribution in [-0.2, 0) is 11.2 Å². The number of H-pyrrole nitrogens is 1. The Labute approximate surface area is 188 Å². The van der Waals surface area contributed by atoms with E-state index in [1.54, 1.807) is 18.5 Å². The quantitative estimate of drug-likeness (QED) is 0.411. The zero-order valence-corrected chi connectivity index (χ0v) is 18.4. The fourth-order valence-corrected chi connectivity index (χ4v) is 5.50. The van der Waals surface area contributed by atoms with Gasteiger partial charge >= 0.3 is 188 Å². The first-order valence-corrected chi connectivity index (χ1v) is 12.1. The number of ether oxygens (including phenoxy) is 1. The number of imidazole rings is 1. The monoisotopic (exact) mass is 527 g/mol. The molecule has 8 heteroatoms. The molecule has 4 heterocycles. The normalized spacial score (nSPS) is 18.6.